The van der Waals surface area contributed by atoms with Gasteiger partial charge < -0.3 is 5.32 Å². The molecule has 1 N–H and O–H groups in total. The zero-order valence-corrected chi connectivity index (χ0v) is 16.7. The molecule has 5 rings (SSSR count). The molecule has 1 aliphatic heterocycles. The summed E-state index contributed by atoms with van der Waals surface area (Å²) in [5.41, 5.74) is 5.45. The summed E-state index contributed by atoms with van der Waals surface area (Å²) in [6, 6.07) is 18.9. The van der Waals surface area contributed by atoms with Crippen LogP contribution in [-0.4, -0.2) is 34.9 Å². The molecule has 1 fully saturated rings. The molecule has 0 atom stereocenters. The average Bonchev–Trinajstić information content (AvgIpc) is 3.22. The molecule has 2 aromatic carbocycles. The third kappa shape index (κ3) is 3.77. The Morgan fingerprint density at radius 2 is 1.76 bits per heavy atom. The smallest absolute Gasteiger partial charge is 0.252 e. The molecule has 148 valence electrons. The molecule has 1 aromatic heterocycles. The minimum atomic E-state index is 0.0864. The summed E-state index contributed by atoms with van der Waals surface area (Å²) >= 11 is 0. The van der Waals surface area contributed by atoms with E-state index in [2.05, 4.69) is 40.5 Å². The number of para-hydroxylation sites is 1. The van der Waals surface area contributed by atoms with Crippen molar-refractivity contribution in [2.75, 3.05) is 13.1 Å². The van der Waals surface area contributed by atoms with Crippen LogP contribution in [0.25, 0.3) is 10.9 Å². The van der Waals surface area contributed by atoms with Crippen molar-refractivity contribution < 1.29 is 4.79 Å². The van der Waals surface area contributed by atoms with Gasteiger partial charge in [0, 0.05) is 36.8 Å². The normalized spacial score (nSPS) is 17.4. The number of carbonyl (C=O) groups is 1. The van der Waals surface area contributed by atoms with Gasteiger partial charge in [-0.25, -0.2) is 0 Å². The predicted octanol–water partition coefficient (Wildman–Crippen LogP) is 4.12. The number of hydrogen-bond acceptors (Lipinski definition) is 3. The Hall–Kier alpha value is -2.72. The van der Waals surface area contributed by atoms with Crippen molar-refractivity contribution in [3.63, 3.8) is 0 Å². The zero-order valence-electron chi connectivity index (χ0n) is 16.7. The lowest BCUT2D eigenvalue weighted by molar-refractivity contribution is 0.0909. The van der Waals surface area contributed by atoms with E-state index in [4.69, 9.17) is 4.98 Å². The van der Waals surface area contributed by atoms with Gasteiger partial charge in [0.2, 0.25) is 0 Å². The van der Waals surface area contributed by atoms with Gasteiger partial charge in [-0.3, -0.25) is 14.7 Å². The standard InChI is InChI=1S/C25H27N3O/c29-25(24-20-9-4-5-11-22(20)27-23-12-6-10-21(23)24)26-19-13-15-28(16-14-19)17-18-7-2-1-3-8-18/h1-5,7-9,11,19H,6,10,12-17H2,(H,26,29). The van der Waals surface area contributed by atoms with Gasteiger partial charge in [-0.2, -0.15) is 0 Å². The van der Waals surface area contributed by atoms with Crippen LogP contribution in [0.4, 0.5) is 0 Å². The molecule has 1 amide bonds. The Kier molecular flexibility index (Phi) is 5.03. The number of hydrogen-bond donors (Lipinski definition) is 1. The van der Waals surface area contributed by atoms with Crippen LogP contribution >= 0.6 is 0 Å². The molecule has 1 saturated heterocycles. The highest BCUT2D eigenvalue weighted by molar-refractivity contribution is 6.08. The van der Waals surface area contributed by atoms with Crippen LogP contribution in [0, 0.1) is 0 Å². The van der Waals surface area contributed by atoms with Crippen molar-refractivity contribution in [3.8, 4) is 0 Å². The largest absolute Gasteiger partial charge is 0.349 e. The summed E-state index contributed by atoms with van der Waals surface area (Å²) < 4.78 is 0. The molecular weight excluding hydrogens is 358 g/mol. The number of nitrogens with zero attached hydrogens (tertiary/aromatic N) is 2. The number of pyridine rings is 1. The van der Waals surface area contributed by atoms with Gasteiger partial charge >= 0.3 is 0 Å². The average molecular weight is 386 g/mol. The monoisotopic (exact) mass is 385 g/mol. The van der Waals surface area contributed by atoms with E-state index in [1.54, 1.807) is 0 Å². The molecule has 0 unspecified atom stereocenters. The molecular formula is C25H27N3O. The number of aryl methyl sites for hydroxylation is 1. The highest BCUT2D eigenvalue weighted by Gasteiger charge is 2.26. The van der Waals surface area contributed by atoms with Crippen LogP contribution in [0.15, 0.2) is 54.6 Å². The first kappa shape index (κ1) is 18.3. The van der Waals surface area contributed by atoms with Crippen molar-refractivity contribution in [2.45, 2.75) is 44.7 Å². The van der Waals surface area contributed by atoms with Gasteiger partial charge in [-0.1, -0.05) is 48.5 Å². The number of rotatable bonds is 4. The fraction of sp³-hybridized carbons (Fsp3) is 0.360. The van der Waals surface area contributed by atoms with Crippen molar-refractivity contribution in [1.29, 1.82) is 0 Å². The lowest BCUT2D eigenvalue weighted by Crippen LogP contribution is -2.44. The minimum absolute atomic E-state index is 0.0864. The lowest BCUT2D eigenvalue weighted by atomic mass is 9.98. The molecule has 0 radical (unpaired) electrons. The predicted molar refractivity (Wildman–Crippen MR) is 116 cm³/mol. The minimum Gasteiger partial charge on any atom is -0.349 e. The van der Waals surface area contributed by atoms with E-state index in [1.165, 1.54) is 11.1 Å². The number of fused-ring (bicyclic) bond motifs is 2. The molecule has 3 aromatic rings. The second-order valence-corrected chi connectivity index (χ2v) is 8.29. The maximum absolute atomic E-state index is 13.3. The lowest BCUT2D eigenvalue weighted by Gasteiger charge is -2.32. The van der Waals surface area contributed by atoms with Crippen LogP contribution in [-0.2, 0) is 19.4 Å². The third-order valence-electron chi connectivity index (χ3n) is 6.32. The number of likely N-dealkylation sites (tertiary alicyclic amines) is 1. The van der Waals surface area contributed by atoms with Gasteiger partial charge in [0.25, 0.3) is 5.91 Å². The molecule has 2 aliphatic rings. The molecule has 2 heterocycles. The van der Waals surface area contributed by atoms with Crippen LogP contribution in [0.3, 0.4) is 0 Å². The summed E-state index contributed by atoms with van der Waals surface area (Å²) in [5, 5.41) is 4.34. The maximum Gasteiger partial charge on any atom is 0.252 e. The van der Waals surface area contributed by atoms with Crippen LogP contribution < -0.4 is 5.32 Å². The molecule has 4 heteroatoms. The number of carbonyl (C=O) groups excluding carboxylic acids is 1. The first-order valence-electron chi connectivity index (χ1n) is 10.8. The number of aromatic nitrogens is 1. The molecule has 0 spiro atoms. The number of benzene rings is 2. The summed E-state index contributed by atoms with van der Waals surface area (Å²) in [5.74, 6) is 0.0864. The SMILES string of the molecule is O=C(NC1CCN(Cc2ccccc2)CC1)c1c2c(nc3ccccc13)CCC2. The maximum atomic E-state index is 13.3. The van der Waals surface area contributed by atoms with E-state index < -0.39 is 0 Å². The number of nitrogens with one attached hydrogen (secondary N) is 1. The van der Waals surface area contributed by atoms with E-state index in [0.717, 1.165) is 73.9 Å². The van der Waals surface area contributed by atoms with Gasteiger partial charge in [-0.15, -0.1) is 0 Å². The molecule has 29 heavy (non-hydrogen) atoms. The number of piperidine rings is 1. The van der Waals surface area contributed by atoms with E-state index in [1.807, 2.05) is 24.3 Å². The Balaban J connectivity index is 1.28. The molecule has 0 bridgehead atoms. The zero-order chi connectivity index (χ0) is 19.6. The van der Waals surface area contributed by atoms with Gasteiger partial charge in [0.1, 0.15) is 0 Å². The summed E-state index contributed by atoms with van der Waals surface area (Å²) in [7, 11) is 0. The van der Waals surface area contributed by atoms with Crippen molar-refractivity contribution in [2.24, 2.45) is 0 Å². The Labute approximate surface area is 171 Å². The van der Waals surface area contributed by atoms with Crippen molar-refractivity contribution in [1.82, 2.24) is 15.2 Å². The van der Waals surface area contributed by atoms with Gasteiger partial charge in [0.05, 0.1) is 11.1 Å². The quantitative estimate of drug-likeness (QED) is 0.735. The van der Waals surface area contributed by atoms with Gasteiger partial charge in [0.15, 0.2) is 0 Å². The van der Waals surface area contributed by atoms with Crippen molar-refractivity contribution in [3.05, 3.63) is 77.0 Å². The second-order valence-electron chi connectivity index (χ2n) is 8.29. The van der Waals surface area contributed by atoms with Crippen LogP contribution in [0.1, 0.15) is 46.4 Å². The fourth-order valence-corrected chi connectivity index (χ4v) is 4.80. The summed E-state index contributed by atoms with van der Waals surface area (Å²) in [4.78, 5) is 20.6. The number of amides is 1. The third-order valence-corrected chi connectivity index (χ3v) is 6.32. The van der Waals surface area contributed by atoms with E-state index >= 15 is 0 Å². The highest BCUT2D eigenvalue weighted by atomic mass is 16.1. The molecule has 0 saturated carbocycles. The Morgan fingerprint density at radius 3 is 2.59 bits per heavy atom. The van der Waals surface area contributed by atoms with E-state index in [9.17, 15) is 4.79 Å². The van der Waals surface area contributed by atoms with Gasteiger partial charge in [-0.05, 0) is 49.3 Å². The van der Waals surface area contributed by atoms with Crippen LogP contribution in [0.2, 0.25) is 0 Å². The first-order chi connectivity index (χ1) is 14.3. The van der Waals surface area contributed by atoms with Crippen LogP contribution in [0.5, 0.6) is 0 Å². The fourth-order valence-electron chi connectivity index (χ4n) is 4.80. The second kappa shape index (κ2) is 7.96. The summed E-state index contributed by atoms with van der Waals surface area (Å²) in [6.07, 6.45) is 5.05. The highest BCUT2D eigenvalue weighted by Crippen LogP contribution is 2.30. The van der Waals surface area contributed by atoms with Crippen molar-refractivity contribution >= 4 is 16.8 Å². The van der Waals surface area contributed by atoms with E-state index in [-0.39, 0.29) is 11.9 Å². The Bertz CT molecular complexity index is 1020. The van der Waals surface area contributed by atoms with E-state index in [0.29, 0.717) is 0 Å². The Morgan fingerprint density at radius 1 is 1.00 bits per heavy atom. The first-order valence-corrected chi connectivity index (χ1v) is 10.8. The summed E-state index contributed by atoms with van der Waals surface area (Å²) in [6.45, 7) is 3.04. The molecule has 4 nitrogen and oxygen atoms in total. The topological polar surface area (TPSA) is 45.2 Å². The molecule has 1 aliphatic carbocycles.